The van der Waals surface area contributed by atoms with Crippen LogP contribution in [-0.2, 0) is 0 Å². The molecule has 0 radical (unpaired) electrons. The van der Waals surface area contributed by atoms with Crippen molar-refractivity contribution in [3.05, 3.63) is 24.3 Å². The van der Waals surface area contributed by atoms with Crippen molar-refractivity contribution in [2.75, 3.05) is 55.6 Å². The molecule has 4 rings (SSSR count). The second-order valence-corrected chi connectivity index (χ2v) is 6.84. The predicted octanol–water partition coefficient (Wildman–Crippen LogP) is 2.38. The zero-order valence-electron chi connectivity index (χ0n) is 14.7. The number of terminal acetylenes is 1. The van der Waals surface area contributed by atoms with Gasteiger partial charge in [-0.25, -0.2) is 9.97 Å². The number of benzene rings is 1. The zero-order chi connectivity index (χ0) is 17.1. The Morgan fingerprint density at radius 1 is 0.840 bits per heavy atom. The van der Waals surface area contributed by atoms with Gasteiger partial charge in [-0.05, 0) is 25.0 Å². The largest absolute Gasteiger partial charge is 0.354 e. The number of piperazine rings is 1. The van der Waals surface area contributed by atoms with Gasteiger partial charge in [0.05, 0.1) is 11.0 Å². The number of para-hydroxylation sites is 2. The van der Waals surface area contributed by atoms with Gasteiger partial charge in [0, 0.05) is 52.2 Å². The molecule has 0 atom stereocenters. The molecule has 0 aliphatic carbocycles. The van der Waals surface area contributed by atoms with Crippen molar-refractivity contribution >= 4 is 22.7 Å². The molecule has 0 N–H and O–H groups in total. The standard InChI is InChI=1S/C20H25N5/c1-2-3-10-23-13-15-25(16-14-23)20-19(24-11-6-7-12-24)21-17-8-4-5-9-18(17)22-20/h1,4-5,8-9H,3,6-7,10-16H2. The van der Waals surface area contributed by atoms with E-state index in [1.165, 1.54) is 12.8 Å². The lowest BCUT2D eigenvalue weighted by atomic mass is 10.2. The summed E-state index contributed by atoms with van der Waals surface area (Å²) in [5.41, 5.74) is 1.97. The Labute approximate surface area is 149 Å². The van der Waals surface area contributed by atoms with E-state index in [1.54, 1.807) is 0 Å². The van der Waals surface area contributed by atoms with Crippen molar-refractivity contribution in [1.29, 1.82) is 0 Å². The second-order valence-electron chi connectivity index (χ2n) is 6.84. The average Bonchev–Trinajstić information content (AvgIpc) is 3.20. The molecular formula is C20H25N5. The SMILES string of the molecule is C#CCCN1CCN(c2nc3ccccc3nc2N2CCCC2)CC1. The van der Waals surface area contributed by atoms with E-state index in [2.05, 4.69) is 32.8 Å². The molecule has 2 aromatic rings. The average molecular weight is 335 g/mol. The highest BCUT2D eigenvalue weighted by Crippen LogP contribution is 2.31. The Kier molecular flexibility index (Phi) is 4.71. The van der Waals surface area contributed by atoms with E-state index < -0.39 is 0 Å². The zero-order valence-corrected chi connectivity index (χ0v) is 14.7. The second kappa shape index (κ2) is 7.28. The molecule has 2 aliphatic heterocycles. The number of aromatic nitrogens is 2. The predicted molar refractivity (Wildman–Crippen MR) is 103 cm³/mol. The van der Waals surface area contributed by atoms with Crippen molar-refractivity contribution in [2.45, 2.75) is 19.3 Å². The molecule has 0 spiro atoms. The minimum Gasteiger partial charge on any atom is -0.354 e. The molecule has 25 heavy (non-hydrogen) atoms. The lowest BCUT2D eigenvalue weighted by Gasteiger charge is -2.36. The molecule has 2 fully saturated rings. The minimum absolute atomic E-state index is 0.828. The number of hydrogen-bond donors (Lipinski definition) is 0. The van der Waals surface area contributed by atoms with Crippen LogP contribution in [0.3, 0.4) is 0 Å². The number of anilines is 2. The summed E-state index contributed by atoms with van der Waals surface area (Å²) in [7, 11) is 0. The van der Waals surface area contributed by atoms with Crippen LogP contribution in [0.1, 0.15) is 19.3 Å². The monoisotopic (exact) mass is 335 g/mol. The number of rotatable bonds is 4. The summed E-state index contributed by atoms with van der Waals surface area (Å²) in [4.78, 5) is 17.2. The summed E-state index contributed by atoms with van der Waals surface area (Å²) in [6.45, 7) is 7.21. The maximum Gasteiger partial charge on any atom is 0.172 e. The molecule has 0 bridgehead atoms. The van der Waals surface area contributed by atoms with Crippen LogP contribution in [0.2, 0.25) is 0 Å². The first-order chi connectivity index (χ1) is 12.3. The van der Waals surface area contributed by atoms with E-state index in [9.17, 15) is 0 Å². The van der Waals surface area contributed by atoms with E-state index in [0.29, 0.717) is 0 Å². The van der Waals surface area contributed by atoms with Crippen molar-refractivity contribution in [3.8, 4) is 12.3 Å². The lowest BCUT2D eigenvalue weighted by Crippen LogP contribution is -2.47. The number of hydrogen-bond acceptors (Lipinski definition) is 5. The van der Waals surface area contributed by atoms with E-state index in [1.807, 2.05) is 12.1 Å². The van der Waals surface area contributed by atoms with Gasteiger partial charge in [-0.3, -0.25) is 4.90 Å². The highest BCUT2D eigenvalue weighted by molar-refractivity contribution is 5.81. The van der Waals surface area contributed by atoms with Crippen molar-refractivity contribution in [2.24, 2.45) is 0 Å². The Morgan fingerprint density at radius 3 is 1.96 bits per heavy atom. The number of nitrogens with zero attached hydrogens (tertiary/aromatic N) is 5. The van der Waals surface area contributed by atoms with E-state index in [4.69, 9.17) is 16.4 Å². The number of fused-ring (bicyclic) bond motifs is 1. The topological polar surface area (TPSA) is 35.5 Å². The smallest absolute Gasteiger partial charge is 0.172 e. The Balaban J connectivity index is 1.61. The first kappa shape index (κ1) is 16.2. The molecule has 0 amide bonds. The maximum absolute atomic E-state index is 5.40. The summed E-state index contributed by atoms with van der Waals surface area (Å²) in [5, 5.41) is 0. The van der Waals surface area contributed by atoms with Crippen molar-refractivity contribution < 1.29 is 0 Å². The fraction of sp³-hybridized carbons (Fsp3) is 0.500. The van der Waals surface area contributed by atoms with Crippen LogP contribution >= 0.6 is 0 Å². The third-order valence-electron chi connectivity index (χ3n) is 5.18. The Morgan fingerprint density at radius 2 is 1.40 bits per heavy atom. The quantitative estimate of drug-likeness (QED) is 0.802. The van der Waals surface area contributed by atoms with Gasteiger partial charge in [-0.15, -0.1) is 12.3 Å². The third kappa shape index (κ3) is 3.40. The van der Waals surface area contributed by atoms with Crippen LogP contribution < -0.4 is 9.80 Å². The van der Waals surface area contributed by atoms with Gasteiger partial charge >= 0.3 is 0 Å². The first-order valence-electron chi connectivity index (χ1n) is 9.27. The van der Waals surface area contributed by atoms with Gasteiger partial charge in [0.15, 0.2) is 11.6 Å². The van der Waals surface area contributed by atoms with Gasteiger partial charge in [0.25, 0.3) is 0 Å². The fourth-order valence-corrected chi connectivity index (χ4v) is 3.74. The van der Waals surface area contributed by atoms with Crippen LogP contribution in [0.4, 0.5) is 11.6 Å². The van der Waals surface area contributed by atoms with Gasteiger partial charge in [-0.2, -0.15) is 0 Å². The van der Waals surface area contributed by atoms with Gasteiger partial charge in [0.2, 0.25) is 0 Å². The summed E-state index contributed by atoms with van der Waals surface area (Å²) in [6.07, 6.45) is 8.71. The van der Waals surface area contributed by atoms with Crippen LogP contribution in [-0.4, -0.2) is 60.7 Å². The summed E-state index contributed by atoms with van der Waals surface area (Å²) in [6, 6.07) is 8.19. The highest BCUT2D eigenvalue weighted by Gasteiger charge is 2.25. The van der Waals surface area contributed by atoms with Crippen molar-refractivity contribution in [1.82, 2.24) is 14.9 Å². The van der Waals surface area contributed by atoms with Gasteiger partial charge < -0.3 is 9.80 Å². The molecule has 0 unspecified atom stereocenters. The highest BCUT2D eigenvalue weighted by atomic mass is 15.3. The summed E-state index contributed by atoms with van der Waals surface area (Å²) in [5.74, 6) is 4.86. The molecule has 1 aromatic carbocycles. The fourth-order valence-electron chi connectivity index (χ4n) is 3.74. The molecule has 0 saturated carbocycles. The molecule has 2 aliphatic rings. The van der Waals surface area contributed by atoms with Crippen molar-refractivity contribution in [3.63, 3.8) is 0 Å². The Bertz CT molecular complexity index is 767. The molecule has 130 valence electrons. The lowest BCUT2D eigenvalue weighted by molar-refractivity contribution is 0.263. The Hall–Kier alpha value is -2.32. The van der Waals surface area contributed by atoms with Crippen LogP contribution in [0.25, 0.3) is 11.0 Å². The molecule has 3 heterocycles. The normalized spacial score (nSPS) is 18.7. The first-order valence-corrected chi connectivity index (χ1v) is 9.27. The molecule has 5 nitrogen and oxygen atoms in total. The van der Waals surface area contributed by atoms with Gasteiger partial charge in [-0.1, -0.05) is 12.1 Å². The van der Waals surface area contributed by atoms with Crippen LogP contribution in [0.15, 0.2) is 24.3 Å². The molecule has 2 saturated heterocycles. The molecule has 1 aromatic heterocycles. The van der Waals surface area contributed by atoms with Gasteiger partial charge in [0.1, 0.15) is 0 Å². The van der Waals surface area contributed by atoms with Crippen LogP contribution in [0.5, 0.6) is 0 Å². The van der Waals surface area contributed by atoms with E-state index in [-0.39, 0.29) is 0 Å². The van der Waals surface area contributed by atoms with E-state index >= 15 is 0 Å². The summed E-state index contributed by atoms with van der Waals surface area (Å²) >= 11 is 0. The maximum atomic E-state index is 5.40. The summed E-state index contributed by atoms with van der Waals surface area (Å²) < 4.78 is 0. The third-order valence-corrected chi connectivity index (χ3v) is 5.18. The minimum atomic E-state index is 0.828. The molecular weight excluding hydrogens is 310 g/mol. The van der Waals surface area contributed by atoms with Crippen LogP contribution in [0, 0.1) is 12.3 Å². The van der Waals surface area contributed by atoms with E-state index in [0.717, 1.165) is 74.9 Å². The molecule has 5 heteroatoms.